The lowest BCUT2D eigenvalue weighted by Gasteiger charge is -2.36. The predicted molar refractivity (Wildman–Crippen MR) is 94.2 cm³/mol. The number of aromatic nitrogens is 1. The maximum Gasteiger partial charge on any atom is 0.237 e. The molecule has 0 radical (unpaired) electrons. The standard InChI is InChI=1S/C19H25N3O2/c23-19-17(5-1-2-10-21-19)22-12-8-14(9-13-22)24-18-6-3-4-16-15(18)7-11-20-16/h3-4,6-7,11,14,17,20H,1-2,5,8-10,12-13H2,(H,21,23). The van der Waals surface area contributed by atoms with Gasteiger partial charge in [0.25, 0.3) is 0 Å². The Hall–Kier alpha value is -2.01. The number of carbonyl (C=O) groups is 1. The highest BCUT2D eigenvalue weighted by Gasteiger charge is 2.31. The number of ether oxygens (including phenoxy) is 1. The first-order chi connectivity index (χ1) is 11.8. The van der Waals surface area contributed by atoms with Gasteiger partial charge in [-0.3, -0.25) is 9.69 Å². The molecule has 2 aromatic rings. The molecule has 2 N–H and O–H groups in total. The van der Waals surface area contributed by atoms with Gasteiger partial charge in [-0.2, -0.15) is 0 Å². The van der Waals surface area contributed by atoms with Crippen LogP contribution >= 0.6 is 0 Å². The Morgan fingerprint density at radius 3 is 2.83 bits per heavy atom. The zero-order valence-electron chi connectivity index (χ0n) is 14.0. The van der Waals surface area contributed by atoms with E-state index in [2.05, 4.69) is 27.3 Å². The molecule has 5 heteroatoms. The van der Waals surface area contributed by atoms with E-state index in [0.29, 0.717) is 0 Å². The number of likely N-dealkylation sites (tertiary alicyclic amines) is 1. The average molecular weight is 327 g/mol. The summed E-state index contributed by atoms with van der Waals surface area (Å²) in [5.41, 5.74) is 1.11. The lowest BCUT2D eigenvalue weighted by Crippen LogP contribution is -2.50. The minimum absolute atomic E-state index is 0.0570. The topological polar surface area (TPSA) is 57.4 Å². The molecule has 1 aromatic carbocycles. The van der Waals surface area contributed by atoms with Gasteiger partial charge in [0.1, 0.15) is 11.9 Å². The smallest absolute Gasteiger partial charge is 0.237 e. The Bertz CT molecular complexity index is 703. The lowest BCUT2D eigenvalue weighted by atomic mass is 10.0. The molecule has 2 saturated heterocycles. The van der Waals surface area contributed by atoms with E-state index in [1.54, 1.807) is 0 Å². The molecular weight excluding hydrogens is 302 g/mol. The normalized spacial score (nSPS) is 23.8. The molecule has 5 nitrogen and oxygen atoms in total. The molecule has 1 atom stereocenters. The van der Waals surface area contributed by atoms with Gasteiger partial charge in [0.15, 0.2) is 0 Å². The maximum absolute atomic E-state index is 12.2. The van der Waals surface area contributed by atoms with Crippen molar-refractivity contribution in [3.05, 3.63) is 30.5 Å². The monoisotopic (exact) mass is 327 g/mol. The van der Waals surface area contributed by atoms with Crippen molar-refractivity contribution in [2.45, 2.75) is 44.2 Å². The van der Waals surface area contributed by atoms with E-state index < -0.39 is 0 Å². The minimum atomic E-state index is 0.0570. The Labute approximate surface area is 142 Å². The Morgan fingerprint density at radius 2 is 1.96 bits per heavy atom. The second kappa shape index (κ2) is 6.85. The van der Waals surface area contributed by atoms with Gasteiger partial charge >= 0.3 is 0 Å². The molecule has 128 valence electrons. The van der Waals surface area contributed by atoms with Crippen LogP contribution in [0.15, 0.2) is 30.5 Å². The number of piperidine rings is 1. The van der Waals surface area contributed by atoms with E-state index >= 15 is 0 Å². The van der Waals surface area contributed by atoms with Crippen molar-refractivity contribution in [1.82, 2.24) is 15.2 Å². The zero-order valence-corrected chi connectivity index (χ0v) is 14.0. The van der Waals surface area contributed by atoms with Crippen molar-refractivity contribution in [3.63, 3.8) is 0 Å². The summed E-state index contributed by atoms with van der Waals surface area (Å²) in [7, 11) is 0. The van der Waals surface area contributed by atoms with Crippen LogP contribution < -0.4 is 10.1 Å². The number of benzene rings is 1. The molecular formula is C19H25N3O2. The third-order valence-electron chi connectivity index (χ3n) is 5.27. The molecule has 0 spiro atoms. The van der Waals surface area contributed by atoms with Crippen molar-refractivity contribution in [2.75, 3.05) is 19.6 Å². The number of amides is 1. The lowest BCUT2D eigenvalue weighted by molar-refractivity contribution is -0.127. The fourth-order valence-electron chi connectivity index (χ4n) is 3.92. The second-order valence-corrected chi connectivity index (χ2v) is 6.85. The Kier molecular flexibility index (Phi) is 4.43. The summed E-state index contributed by atoms with van der Waals surface area (Å²) in [4.78, 5) is 17.8. The predicted octanol–water partition coefficient (Wildman–Crippen LogP) is 2.68. The van der Waals surface area contributed by atoms with Gasteiger partial charge in [0, 0.05) is 36.7 Å². The maximum atomic E-state index is 12.2. The van der Waals surface area contributed by atoms with Crippen LogP contribution in [0.2, 0.25) is 0 Å². The van der Waals surface area contributed by atoms with Crippen molar-refractivity contribution in [2.24, 2.45) is 0 Å². The third kappa shape index (κ3) is 3.13. The van der Waals surface area contributed by atoms with Gasteiger partial charge in [-0.05, 0) is 50.3 Å². The molecule has 24 heavy (non-hydrogen) atoms. The van der Waals surface area contributed by atoms with Gasteiger partial charge in [0.05, 0.1) is 6.04 Å². The zero-order chi connectivity index (χ0) is 16.4. The molecule has 0 bridgehead atoms. The summed E-state index contributed by atoms with van der Waals surface area (Å²) in [5.74, 6) is 1.17. The third-order valence-corrected chi connectivity index (χ3v) is 5.27. The second-order valence-electron chi connectivity index (χ2n) is 6.85. The van der Waals surface area contributed by atoms with Crippen LogP contribution in [0.4, 0.5) is 0 Å². The molecule has 0 saturated carbocycles. The first-order valence-corrected chi connectivity index (χ1v) is 9.06. The van der Waals surface area contributed by atoms with Gasteiger partial charge in [-0.15, -0.1) is 0 Å². The summed E-state index contributed by atoms with van der Waals surface area (Å²) in [6, 6.07) is 8.26. The highest BCUT2D eigenvalue weighted by molar-refractivity contribution is 5.85. The number of hydrogen-bond donors (Lipinski definition) is 2. The highest BCUT2D eigenvalue weighted by atomic mass is 16.5. The van der Waals surface area contributed by atoms with Crippen LogP contribution in [0.5, 0.6) is 5.75 Å². The molecule has 2 fully saturated rings. The van der Waals surface area contributed by atoms with Crippen LogP contribution in [-0.4, -0.2) is 47.6 Å². The highest BCUT2D eigenvalue weighted by Crippen LogP contribution is 2.28. The van der Waals surface area contributed by atoms with Gasteiger partial charge in [0.2, 0.25) is 5.91 Å². The number of nitrogens with one attached hydrogen (secondary N) is 2. The summed E-state index contributed by atoms with van der Waals surface area (Å²) in [6.45, 7) is 2.70. The van der Waals surface area contributed by atoms with Crippen LogP contribution in [0, 0.1) is 0 Å². The summed E-state index contributed by atoms with van der Waals surface area (Å²) < 4.78 is 6.27. The first-order valence-electron chi connectivity index (χ1n) is 9.06. The number of fused-ring (bicyclic) bond motifs is 1. The largest absolute Gasteiger partial charge is 0.490 e. The first kappa shape index (κ1) is 15.5. The van der Waals surface area contributed by atoms with Crippen molar-refractivity contribution < 1.29 is 9.53 Å². The molecule has 3 heterocycles. The van der Waals surface area contributed by atoms with Crippen LogP contribution in [-0.2, 0) is 4.79 Å². The average Bonchev–Trinajstić information content (AvgIpc) is 2.99. The van der Waals surface area contributed by atoms with Crippen LogP contribution in [0.25, 0.3) is 10.9 Å². The quantitative estimate of drug-likeness (QED) is 0.911. The number of aromatic amines is 1. The molecule has 1 unspecified atom stereocenters. The minimum Gasteiger partial charge on any atom is -0.490 e. The molecule has 4 rings (SSSR count). The van der Waals surface area contributed by atoms with E-state index in [4.69, 9.17) is 4.74 Å². The molecule has 1 aromatic heterocycles. The van der Waals surface area contributed by atoms with Crippen LogP contribution in [0.3, 0.4) is 0 Å². The fraction of sp³-hybridized carbons (Fsp3) is 0.526. The van der Waals surface area contributed by atoms with Gasteiger partial charge in [-0.25, -0.2) is 0 Å². The summed E-state index contributed by atoms with van der Waals surface area (Å²) in [5, 5.41) is 4.19. The Balaban J connectivity index is 1.37. The number of H-pyrrole nitrogens is 1. The molecule has 1 amide bonds. The number of carbonyl (C=O) groups excluding carboxylic acids is 1. The molecule has 2 aliphatic rings. The van der Waals surface area contributed by atoms with Gasteiger partial charge in [-0.1, -0.05) is 6.07 Å². The van der Waals surface area contributed by atoms with Crippen molar-refractivity contribution in [1.29, 1.82) is 0 Å². The van der Waals surface area contributed by atoms with E-state index in [-0.39, 0.29) is 18.1 Å². The van der Waals surface area contributed by atoms with Crippen LogP contribution in [0.1, 0.15) is 32.1 Å². The Morgan fingerprint density at radius 1 is 1.08 bits per heavy atom. The SMILES string of the molecule is O=C1NCCCCC1N1CCC(Oc2cccc3[nH]ccc23)CC1. The number of hydrogen-bond acceptors (Lipinski definition) is 3. The summed E-state index contributed by atoms with van der Waals surface area (Å²) in [6.07, 6.45) is 7.35. The van der Waals surface area contributed by atoms with E-state index in [9.17, 15) is 4.79 Å². The summed E-state index contributed by atoms with van der Waals surface area (Å²) >= 11 is 0. The molecule has 0 aliphatic carbocycles. The van der Waals surface area contributed by atoms with Crippen molar-refractivity contribution in [3.8, 4) is 5.75 Å². The van der Waals surface area contributed by atoms with E-state index in [0.717, 1.165) is 68.4 Å². The number of nitrogens with zero attached hydrogens (tertiary/aromatic N) is 1. The van der Waals surface area contributed by atoms with Gasteiger partial charge < -0.3 is 15.0 Å². The number of rotatable bonds is 3. The van der Waals surface area contributed by atoms with E-state index in [1.807, 2.05) is 18.3 Å². The fourth-order valence-corrected chi connectivity index (χ4v) is 3.92. The molecule has 2 aliphatic heterocycles. The van der Waals surface area contributed by atoms with E-state index in [1.165, 1.54) is 0 Å². The van der Waals surface area contributed by atoms with Crippen molar-refractivity contribution >= 4 is 16.8 Å².